The summed E-state index contributed by atoms with van der Waals surface area (Å²) in [4.78, 5) is 11.8. The van der Waals surface area contributed by atoms with Gasteiger partial charge in [0.2, 0.25) is 0 Å². The van der Waals surface area contributed by atoms with Gasteiger partial charge in [-0.3, -0.25) is 4.79 Å². The fourth-order valence-electron chi connectivity index (χ4n) is 4.14. The molecule has 0 aliphatic carbocycles. The van der Waals surface area contributed by atoms with E-state index in [0.29, 0.717) is 13.0 Å². The van der Waals surface area contributed by atoms with Crippen LogP contribution in [0.3, 0.4) is 0 Å². The van der Waals surface area contributed by atoms with E-state index in [1.807, 2.05) is 13.8 Å². The van der Waals surface area contributed by atoms with Crippen molar-refractivity contribution in [1.82, 2.24) is 0 Å². The number of rotatable bonds is 5. The lowest BCUT2D eigenvalue weighted by molar-refractivity contribution is -0.272. The van der Waals surface area contributed by atoms with Crippen molar-refractivity contribution in [3.05, 3.63) is 0 Å². The molecule has 2 heterocycles. The van der Waals surface area contributed by atoms with E-state index in [1.165, 1.54) is 0 Å². The first kappa shape index (κ1) is 16.7. The van der Waals surface area contributed by atoms with E-state index in [1.54, 1.807) is 0 Å². The zero-order valence-corrected chi connectivity index (χ0v) is 13.8. The quantitative estimate of drug-likeness (QED) is 0.731. The number of hydrogen-bond acceptors (Lipinski definition) is 5. The van der Waals surface area contributed by atoms with Gasteiger partial charge >= 0.3 is 5.97 Å². The Morgan fingerprint density at radius 1 is 1.19 bits per heavy atom. The maximum Gasteiger partial charge on any atom is 0.306 e. The molecule has 0 aromatic heterocycles. The molecule has 2 aliphatic heterocycles. The lowest BCUT2D eigenvalue weighted by atomic mass is 9.65. The Bertz CT molecular complexity index is 379. The molecule has 1 spiro atoms. The summed E-state index contributed by atoms with van der Waals surface area (Å²) in [5.41, 5.74) is -1.10. The van der Waals surface area contributed by atoms with Crippen molar-refractivity contribution in [1.29, 1.82) is 0 Å². The summed E-state index contributed by atoms with van der Waals surface area (Å²) in [7, 11) is 0. The van der Waals surface area contributed by atoms with E-state index >= 15 is 0 Å². The highest BCUT2D eigenvalue weighted by molar-refractivity contribution is 5.71. The number of carbonyl (C=O) groups is 1. The van der Waals surface area contributed by atoms with E-state index in [0.717, 1.165) is 19.3 Å². The standard InChI is InChI=1S/C16H28O5/c1-6-12-10-13(17)19-11(5)16(12)15(7-2,8-3)20-14(21-16)18-9-4/h11-12,14H,6-10H2,1-5H3. The number of cyclic esters (lactones) is 1. The zero-order valence-electron chi connectivity index (χ0n) is 13.8. The maximum absolute atomic E-state index is 11.8. The average molecular weight is 300 g/mol. The Morgan fingerprint density at radius 3 is 2.38 bits per heavy atom. The maximum atomic E-state index is 11.8. The molecular weight excluding hydrogens is 272 g/mol. The van der Waals surface area contributed by atoms with Crippen LogP contribution in [0.2, 0.25) is 0 Å². The van der Waals surface area contributed by atoms with Crippen LogP contribution in [-0.2, 0) is 23.7 Å². The predicted octanol–water partition coefficient (Wildman–Crippen LogP) is 3.01. The normalized spacial score (nSPS) is 38.7. The zero-order chi connectivity index (χ0) is 15.7. The summed E-state index contributed by atoms with van der Waals surface area (Å²) < 4.78 is 23.6. The van der Waals surface area contributed by atoms with Crippen LogP contribution in [0.15, 0.2) is 0 Å². The topological polar surface area (TPSA) is 54.0 Å². The second kappa shape index (κ2) is 6.23. The second-order valence-corrected chi connectivity index (χ2v) is 5.92. The van der Waals surface area contributed by atoms with Gasteiger partial charge in [0.25, 0.3) is 6.48 Å². The van der Waals surface area contributed by atoms with Gasteiger partial charge in [-0.25, -0.2) is 0 Å². The SMILES string of the molecule is CCOC1OC(CC)(CC)C2(O1)C(CC)CC(=O)OC2C. The number of hydrogen-bond donors (Lipinski definition) is 0. The average Bonchev–Trinajstić information content (AvgIpc) is 2.79. The molecular formula is C16H28O5. The van der Waals surface area contributed by atoms with Gasteiger partial charge in [0, 0.05) is 12.5 Å². The first-order valence-electron chi connectivity index (χ1n) is 8.16. The number of ether oxygens (including phenoxy) is 4. The molecule has 122 valence electrons. The molecule has 0 aromatic rings. The Morgan fingerprint density at radius 2 is 1.86 bits per heavy atom. The van der Waals surface area contributed by atoms with Gasteiger partial charge in [-0.1, -0.05) is 20.8 Å². The van der Waals surface area contributed by atoms with Crippen molar-refractivity contribution in [2.24, 2.45) is 5.92 Å². The number of esters is 1. The van der Waals surface area contributed by atoms with E-state index in [2.05, 4.69) is 20.8 Å². The van der Waals surface area contributed by atoms with Crippen LogP contribution in [0.1, 0.15) is 60.3 Å². The molecule has 2 aliphatic rings. The van der Waals surface area contributed by atoms with Crippen molar-refractivity contribution < 1.29 is 23.7 Å². The molecule has 21 heavy (non-hydrogen) atoms. The molecule has 5 nitrogen and oxygen atoms in total. The summed E-state index contributed by atoms with van der Waals surface area (Å²) in [5.74, 6) is -0.0661. The van der Waals surface area contributed by atoms with Crippen LogP contribution in [0.4, 0.5) is 0 Å². The Kier molecular flexibility index (Phi) is 4.96. The van der Waals surface area contributed by atoms with E-state index in [-0.39, 0.29) is 18.0 Å². The lowest BCUT2D eigenvalue weighted by Crippen LogP contribution is -2.65. The second-order valence-electron chi connectivity index (χ2n) is 5.92. The van der Waals surface area contributed by atoms with Crippen molar-refractivity contribution in [3.63, 3.8) is 0 Å². The minimum Gasteiger partial charge on any atom is -0.459 e. The molecule has 0 saturated carbocycles. The summed E-state index contributed by atoms with van der Waals surface area (Å²) in [6.07, 6.45) is 2.49. The minimum absolute atomic E-state index is 0.0825. The fraction of sp³-hybridized carbons (Fsp3) is 0.938. The summed E-state index contributed by atoms with van der Waals surface area (Å²) >= 11 is 0. The van der Waals surface area contributed by atoms with Gasteiger partial charge in [-0.05, 0) is 33.1 Å². The molecule has 0 bridgehead atoms. The van der Waals surface area contributed by atoms with Crippen molar-refractivity contribution in [2.75, 3.05) is 6.61 Å². The third-order valence-electron chi connectivity index (χ3n) is 5.19. The molecule has 5 heteroatoms. The van der Waals surface area contributed by atoms with Crippen LogP contribution in [0.25, 0.3) is 0 Å². The minimum atomic E-state index is -0.678. The monoisotopic (exact) mass is 300 g/mol. The summed E-state index contributed by atoms with van der Waals surface area (Å²) in [6.45, 7) is 9.96. The molecule has 2 fully saturated rings. The first-order valence-corrected chi connectivity index (χ1v) is 8.16. The molecule has 0 radical (unpaired) electrons. The van der Waals surface area contributed by atoms with Gasteiger partial charge < -0.3 is 18.9 Å². The third kappa shape index (κ3) is 2.39. The smallest absolute Gasteiger partial charge is 0.306 e. The lowest BCUT2D eigenvalue weighted by Gasteiger charge is -2.51. The van der Waals surface area contributed by atoms with Crippen LogP contribution in [-0.4, -0.2) is 36.4 Å². The van der Waals surface area contributed by atoms with Gasteiger partial charge in [0.1, 0.15) is 17.3 Å². The van der Waals surface area contributed by atoms with E-state index < -0.39 is 17.7 Å². The predicted molar refractivity (Wildman–Crippen MR) is 77.6 cm³/mol. The molecule has 0 amide bonds. The Hall–Kier alpha value is -0.650. The summed E-state index contributed by atoms with van der Waals surface area (Å²) in [5, 5.41) is 0. The summed E-state index contributed by atoms with van der Waals surface area (Å²) in [6, 6.07) is 0. The molecule has 0 aromatic carbocycles. The highest BCUT2D eigenvalue weighted by Crippen LogP contribution is 2.54. The van der Waals surface area contributed by atoms with Crippen LogP contribution >= 0.6 is 0 Å². The highest BCUT2D eigenvalue weighted by atomic mass is 16.9. The first-order chi connectivity index (χ1) is 9.99. The molecule has 2 rings (SSSR count). The fourth-order valence-corrected chi connectivity index (χ4v) is 4.14. The highest BCUT2D eigenvalue weighted by Gasteiger charge is 2.68. The van der Waals surface area contributed by atoms with Crippen molar-refractivity contribution in [3.8, 4) is 0 Å². The largest absolute Gasteiger partial charge is 0.459 e. The van der Waals surface area contributed by atoms with Gasteiger partial charge in [0.05, 0.1) is 6.42 Å². The van der Waals surface area contributed by atoms with Crippen LogP contribution in [0.5, 0.6) is 0 Å². The molecule has 2 saturated heterocycles. The Labute approximate surface area is 127 Å². The number of carbonyl (C=O) groups excluding carboxylic acids is 1. The van der Waals surface area contributed by atoms with Crippen molar-refractivity contribution >= 4 is 5.97 Å². The Balaban J connectivity index is 2.45. The van der Waals surface area contributed by atoms with Gasteiger partial charge in [-0.15, -0.1) is 0 Å². The molecule has 0 N–H and O–H groups in total. The van der Waals surface area contributed by atoms with Gasteiger partial charge in [0.15, 0.2) is 0 Å². The van der Waals surface area contributed by atoms with Crippen LogP contribution in [0, 0.1) is 5.92 Å². The van der Waals surface area contributed by atoms with Crippen LogP contribution < -0.4 is 0 Å². The van der Waals surface area contributed by atoms with Gasteiger partial charge in [-0.2, -0.15) is 0 Å². The van der Waals surface area contributed by atoms with E-state index in [4.69, 9.17) is 18.9 Å². The van der Waals surface area contributed by atoms with E-state index in [9.17, 15) is 4.79 Å². The van der Waals surface area contributed by atoms with Crippen molar-refractivity contribution in [2.45, 2.75) is 84.1 Å². The molecule has 4 unspecified atom stereocenters. The molecule has 4 atom stereocenters. The third-order valence-corrected chi connectivity index (χ3v) is 5.19.